The lowest BCUT2D eigenvalue weighted by Gasteiger charge is -2.39. The van der Waals surface area contributed by atoms with Crippen LogP contribution >= 0.6 is 0 Å². The zero-order valence-corrected chi connectivity index (χ0v) is 11.2. The van der Waals surface area contributed by atoms with Crippen molar-refractivity contribution in [2.45, 2.75) is 25.9 Å². The molecule has 1 amide bonds. The number of ether oxygens (including phenoxy) is 2. The van der Waals surface area contributed by atoms with E-state index in [1.165, 1.54) is 0 Å². The molecule has 1 unspecified atom stereocenters. The van der Waals surface area contributed by atoms with Gasteiger partial charge in [0.05, 0.1) is 19.8 Å². The Morgan fingerprint density at radius 2 is 2.11 bits per heavy atom. The molecule has 0 aromatic carbocycles. The number of nitrogens with zero attached hydrogens (tertiary/aromatic N) is 2. The molecule has 19 heavy (non-hydrogen) atoms. The van der Waals surface area contributed by atoms with Crippen molar-refractivity contribution in [1.82, 2.24) is 4.90 Å². The Labute approximate surface area is 112 Å². The van der Waals surface area contributed by atoms with Crippen molar-refractivity contribution in [3.05, 3.63) is 0 Å². The van der Waals surface area contributed by atoms with Gasteiger partial charge in [0.15, 0.2) is 6.10 Å². The minimum absolute atomic E-state index is 0.0266. The third-order valence-electron chi connectivity index (χ3n) is 4.00. The molecule has 0 aromatic heterocycles. The standard InChI is InChI=1S/C12H21N3O4/c1-12(11(13)14-17)2-4-15(5-3-12)10(16)9-8-18-6-7-19-9/h9,17H,2-8H2,1H3,(H2,13,14). The molecule has 2 saturated heterocycles. The van der Waals surface area contributed by atoms with Crippen LogP contribution in [-0.4, -0.2) is 60.9 Å². The van der Waals surface area contributed by atoms with Gasteiger partial charge in [0.25, 0.3) is 5.91 Å². The van der Waals surface area contributed by atoms with Gasteiger partial charge in [-0.2, -0.15) is 0 Å². The Morgan fingerprint density at radius 1 is 1.42 bits per heavy atom. The van der Waals surface area contributed by atoms with E-state index in [1.807, 2.05) is 6.92 Å². The summed E-state index contributed by atoms with van der Waals surface area (Å²) in [6.07, 6.45) is 0.881. The molecule has 0 aliphatic carbocycles. The zero-order valence-electron chi connectivity index (χ0n) is 11.2. The summed E-state index contributed by atoms with van der Waals surface area (Å²) in [6.45, 7) is 4.46. The predicted molar refractivity (Wildman–Crippen MR) is 67.9 cm³/mol. The number of hydrogen-bond donors (Lipinski definition) is 2. The summed E-state index contributed by atoms with van der Waals surface area (Å²) in [5.74, 6) is 0.207. The highest BCUT2D eigenvalue weighted by molar-refractivity contribution is 5.86. The number of carbonyl (C=O) groups is 1. The molecule has 0 saturated carbocycles. The van der Waals surface area contributed by atoms with Crippen molar-refractivity contribution < 1.29 is 19.5 Å². The summed E-state index contributed by atoms with van der Waals surface area (Å²) in [6, 6.07) is 0. The number of nitrogens with two attached hydrogens (primary N) is 1. The quantitative estimate of drug-likeness (QED) is 0.313. The average Bonchev–Trinajstić information content (AvgIpc) is 2.47. The minimum atomic E-state index is -0.484. The molecule has 1 atom stereocenters. The second-order valence-corrected chi connectivity index (χ2v) is 5.31. The fraction of sp³-hybridized carbons (Fsp3) is 0.833. The average molecular weight is 271 g/mol. The van der Waals surface area contributed by atoms with Gasteiger partial charge in [-0.3, -0.25) is 4.79 Å². The van der Waals surface area contributed by atoms with Crippen molar-refractivity contribution >= 4 is 11.7 Å². The van der Waals surface area contributed by atoms with E-state index >= 15 is 0 Å². The first kappa shape index (κ1) is 14.1. The number of carbonyl (C=O) groups excluding carboxylic acids is 1. The summed E-state index contributed by atoms with van der Waals surface area (Å²) < 4.78 is 10.7. The first-order valence-corrected chi connectivity index (χ1v) is 6.53. The molecule has 0 bridgehead atoms. The van der Waals surface area contributed by atoms with Crippen LogP contribution in [0.3, 0.4) is 0 Å². The molecule has 3 N–H and O–H groups in total. The van der Waals surface area contributed by atoms with Gasteiger partial charge in [-0.25, -0.2) is 0 Å². The lowest BCUT2D eigenvalue weighted by Crippen LogP contribution is -2.52. The fourth-order valence-electron chi connectivity index (χ4n) is 2.43. The van der Waals surface area contributed by atoms with Crippen LogP contribution < -0.4 is 5.73 Å². The summed E-state index contributed by atoms with van der Waals surface area (Å²) >= 11 is 0. The summed E-state index contributed by atoms with van der Waals surface area (Å²) in [5, 5.41) is 11.9. The van der Waals surface area contributed by atoms with Crippen molar-refractivity contribution in [3.8, 4) is 0 Å². The number of piperidine rings is 1. The van der Waals surface area contributed by atoms with E-state index in [1.54, 1.807) is 4.90 Å². The normalized spacial score (nSPS) is 28.2. The van der Waals surface area contributed by atoms with E-state index in [-0.39, 0.29) is 17.2 Å². The number of amides is 1. The molecule has 2 rings (SSSR count). The molecule has 0 radical (unpaired) electrons. The van der Waals surface area contributed by atoms with Crippen molar-refractivity contribution in [1.29, 1.82) is 0 Å². The van der Waals surface area contributed by atoms with Crippen LogP contribution in [0.5, 0.6) is 0 Å². The van der Waals surface area contributed by atoms with Gasteiger partial charge in [-0.05, 0) is 12.8 Å². The highest BCUT2D eigenvalue weighted by Crippen LogP contribution is 2.31. The van der Waals surface area contributed by atoms with Crippen LogP contribution in [0, 0.1) is 5.41 Å². The molecule has 7 heteroatoms. The molecule has 2 fully saturated rings. The third kappa shape index (κ3) is 2.98. The second-order valence-electron chi connectivity index (χ2n) is 5.31. The molecule has 2 heterocycles. The maximum atomic E-state index is 12.2. The van der Waals surface area contributed by atoms with Crippen molar-refractivity contribution in [2.24, 2.45) is 16.3 Å². The number of amidine groups is 1. The summed E-state index contributed by atoms with van der Waals surface area (Å²) in [7, 11) is 0. The Kier molecular flexibility index (Phi) is 4.26. The molecule has 0 spiro atoms. The SMILES string of the molecule is CC1(C(N)=NO)CCN(C(=O)C2COCCO2)CC1. The number of oxime groups is 1. The van der Waals surface area contributed by atoms with Crippen LogP contribution in [0.25, 0.3) is 0 Å². The van der Waals surface area contributed by atoms with Crippen LogP contribution in [0.4, 0.5) is 0 Å². The lowest BCUT2D eigenvalue weighted by atomic mass is 9.79. The topological polar surface area (TPSA) is 97.4 Å². The maximum absolute atomic E-state index is 12.2. The van der Waals surface area contributed by atoms with E-state index < -0.39 is 6.10 Å². The van der Waals surface area contributed by atoms with Gasteiger partial charge < -0.3 is 25.3 Å². The van der Waals surface area contributed by atoms with E-state index in [9.17, 15) is 4.79 Å². The Balaban J connectivity index is 1.90. The molecule has 7 nitrogen and oxygen atoms in total. The van der Waals surface area contributed by atoms with E-state index in [2.05, 4.69) is 5.16 Å². The van der Waals surface area contributed by atoms with Gasteiger partial charge in [-0.1, -0.05) is 12.1 Å². The van der Waals surface area contributed by atoms with Crippen molar-refractivity contribution in [3.63, 3.8) is 0 Å². The molecule has 2 aliphatic rings. The first-order valence-electron chi connectivity index (χ1n) is 6.53. The fourth-order valence-corrected chi connectivity index (χ4v) is 2.43. The van der Waals surface area contributed by atoms with E-state index in [0.29, 0.717) is 45.8 Å². The third-order valence-corrected chi connectivity index (χ3v) is 4.00. The minimum Gasteiger partial charge on any atom is -0.409 e. The lowest BCUT2D eigenvalue weighted by molar-refractivity contribution is -0.159. The van der Waals surface area contributed by atoms with Gasteiger partial charge in [0.2, 0.25) is 0 Å². The van der Waals surface area contributed by atoms with Crippen LogP contribution in [0.2, 0.25) is 0 Å². The van der Waals surface area contributed by atoms with E-state index in [4.69, 9.17) is 20.4 Å². The Bertz CT molecular complexity index is 358. The second kappa shape index (κ2) is 5.75. The maximum Gasteiger partial charge on any atom is 0.254 e. The number of hydrogen-bond acceptors (Lipinski definition) is 5. The van der Waals surface area contributed by atoms with Crippen molar-refractivity contribution in [2.75, 3.05) is 32.9 Å². The number of likely N-dealkylation sites (tertiary alicyclic amines) is 1. The monoisotopic (exact) mass is 271 g/mol. The summed E-state index contributed by atoms with van der Waals surface area (Å²) in [5.41, 5.74) is 5.36. The summed E-state index contributed by atoms with van der Waals surface area (Å²) in [4.78, 5) is 14.0. The predicted octanol–water partition coefficient (Wildman–Crippen LogP) is -0.223. The molecule has 108 valence electrons. The first-order chi connectivity index (χ1) is 9.07. The highest BCUT2D eigenvalue weighted by atomic mass is 16.6. The van der Waals surface area contributed by atoms with E-state index in [0.717, 1.165) is 0 Å². The highest BCUT2D eigenvalue weighted by Gasteiger charge is 2.37. The Morgan fingerprint density at radius 3 is 2.63 bits per heavy atom. The molecule has 2 aliphatic heterocycles. The van der Waals surface area contributed by atoms with Gasteiger partial charge >= 0.3 is 0 Å². The smallest absolute Gasteiger partial charge is 0.254 e. The largest absolute Gasteiger partial charge is 0.409 e. The van der Waals surface area contributed by atoms with Gasteiger partial charge in [-0.15, -0.1) is 0 Å². The van der Waals surface area contributed by atoms with Crippen LogP contribution in [0.1, 0.15) is 19.8 Å². The molecule has 0 aromatic rings. The molecular formula is C12H21N3O4. The van der Waals surface area contributed by atoms with Gasteiger partial charge in [0.1, 0.15) is 5.84 Å². The number of rotatable bonds is 2. The molecular weight excluding hydrogens is 250 g/mol. The van der Waals surface area contributed by atoms with Crippen LogP contribution in [-0.2, 0) is 14.3 Å². The van der Waals surface area contributed by atoms with Gasteiger partial charge in [0, 0.05) is 18.5 Å². The zero-order chi connectivity index (χ0) is 13.9. The Hall–Kier alpha value is -1.34. The van der Waals surface area contributed by atoms with Crippen LogP contribution in [0.15, 0.2) is 5.16 Å².